The molecule has 0 atom stereocenters. The maximum Gasteiger partial charge on any atom is 0.409 e. The van der Waals surface area contributed by atoms with Gasteiger partial charge in [0.2, 0.25) is 0 Å². The minimum absolute atomic E-state index is 0. The lowest BCUT2D eigenvalue weighted by Crippen LogP contribution is -2.53. The predicted octanol–water partition coefficient (Wildman–Crippen LogP) is 2.79. The summed E-state index contributed by atoms with van der Waals surface area (Å²) in [6.07, 6.45) is 3.67. The van der Waals surface area contributed by atoms with E-state index < -0.39 is 0 Å². The van der Waals surface area contributed by atoms with E-state index in [-0.39, 0.29) is 30.1 Å². The van der Waals surface area contributed by atoms with E-state index in [0.717, 1.165) is 37.7 Å². The quantitative estimate of drug-likeness (QED) is 0.356. The summed E-state index contributed by atoms with van der Waals surface area (Å²) in [5.74, 6) is 0.867. The average molecular weight is 526 g/mol. The Morgan fingerprint density at radius 2 is 1.80 bits per heavy atom. The van der Waals surface area contributed by atoms with E-state index in [1.807, 2.05) is 42.2 Å². The van der Waals surface area contributed by atoms with Gasteiger partial charge in [-0.3, -0.25) is 4.68 Å². The summed E-state index contributed by atoms with van der Waals surface area (Å²) in [7, 11) is 0. The van der Waals surface area contributed by atoms with Crippen LogP contribution in [0.25, 0.3) is 0 Å². The fourth-order valence-electron chi connectivity index (χ4n) is 3.25. The predicted molar refractivity (Wildman–Crippen MR) is 128 cm³/mol. The van der Waals surface area contributed by atoms with Crippen LogP contribution in [0.15, 0.2) is 47.7 Å². The molecule has 0 saturated carbocycles. The molecule has 0 unspecified atom stereocenters. The van der Waals surface area contributed by atoms with E-state index in [1.165, 1.54) is 5.56 Å². The first-order valence-corrected chi connectivity index (χ1v) is 10.2. The third-order valence-electron chi connectivity index (χ3n) is 4.73. The maximum absolute atomic E-state index is 11.9. The first kappa shape index (κ1) is 24.0. The molecule has 164 valence electrons. The molecule has 1 aromatic carbocycles. The van der Waals surface area contributed by atoms with Gasteiger partial charge in [0.25, 0.3) is 0 Å². The number of carbonyl (C=O) groups is 1. The molecule has 1 N–H and O–H groups in total. The highest BCUT2D eigenvalue weighted by atomic mass is 127. The van der Waals surface area contributed by atoms with Crippen LogP contribution in [-0.4, -0.2) is 71.0 Å². The summed E-state index contributed by atoms with van der Waals surface area (Å²) in [4.78, 5) is 20.6. The van der Waals surface area contributed by atoms with Crippen molar-refractivity contribution in [2.75, 3.05) is 39.3 Å². The number of ether oxygens (including phenoxy) is 1. The van der Waals surface area contributed by atoms with Crippen LogP contribution in [0, 0.1) is 0 Å². The van der Waals surface area contributed by atoms with Crippen molar-refractivity contribution in [2.45, 2.75) is 26.9 Å². The highest BCUT2D eigenvalue weighted by molar-refractivity contribution is 14.0. The summed E-state index contributed by atoms with van der Waals surface area (Å²) in [6, 6.07) is 10.3. The second kappa shape index (κ2) is 12.4. The average Bonchev–Trinajstić information content (AvgIpc) is 3.19. The number of benzene rings is 1. The molecule has 0 bridgehead atoms. The SMILES string of the molecule is CCNC(=NCc1cnn(Cc2ccccc2)c1)N1CCN(C(=O)OCC)CC1.I. The zero-order valence-corrected chi connectivity index (χ0v) is 20.0. The van der Waals surface area contributed by atoms with Crippen LogP contribution in [0.4, 0.5) is 4.79 Å². The summed E-state index contributed by atoms with van der Waals surface area (Å²) < 4.78 is 7.02. The first-order chi connectivity index (χ1) is 14.2. The molecule has 1 fully saturated rings. The van der Waals surface area contributed by atoms with E-state index in [4.69, 9.17) is 9.73 Å². The molecule has 1 aliphatic heterocycles. The number of nitrogens with zero attached hydrogens (tertiary/aromatic N) is 5. The van der Waals surface area contributed by atoms with Crippen LogP contribution in [0.5, 0.6) is 0 Å². The number of carbonyl (C=O) groups excluding carboxylic acids is 1. The fourth-order valence-corrected chi connectivity index (χ4v) is 3.25. The first-order valence-electron chi connectivity index (χ1n) is 10.2. The van der Waals surface area contributed by atoms with Crippen molar-refractivity contribution in [3.8, 4) is 0 Å². The van der Waals surface area contributed by atoms with Gasteiger partial charge in [-0.25, -0.2) is 9.79 Å². The van der Waals surface area contributed by atoms with Crippen LogP contribution in [0.3, 0.4) is 0 Å². The lowest BCUT2D eigenvalue weighted by molar-refractivity contribution is 0.0914. The van der Waals surface area contributed by atoms with Gasteiger partial charge in [-0.15, -0.1) is 24.0 Å². The van der Waals surface area contributed by atoms with E-state index >= 15 is 0 Å². The molecule has 1 aliphatic rings. The number of hydrogen-bond acceptors (Lipinski definition) is 4. The second-order valence-corrected chi connectivity index (χ2v) is 6.87. The summed E-state index contributed by atoms with van der Waals surface area (Å²) >= 11 is 0. The minimum Gasteiger partial charge on any atom is -0.450 e. The standard InChI is InChI=1S/C21H30N6O2.HI/c1-3-22-20(25-10-12-26(13-11-25)21(28)29-4-2)23-14-19-15-24-27(17-19)16-18-8-6-5-7-9-18;/h5-9,15,17H,3-4,10-14,16H2,1-2H3,(H,22,23);1H. The molecule has 9 heteroatoms. The zero-order chi connectivity index (χ0) is 20.5. The minimum atomic E-state index is -0.236. The Labute approximate surface area is 195 Å². The maximum atomic E-state index is 11.9. The molecule has 0 aliphatic carbocycles. The van der Waals surface area contributed by atoms with Gasteiger partial charge in [-0.05, 0) is 19.4 Å². The molecule has 30 heavy (non-hydrogen) atoms. The Balaban J connectivity index is 0.00000320. The fraction of sp³-hybridized carbons (Fsp3) is 0.476. The number of rotatable bonds is 6. The highest BCUT2D eigenvalue weighted by Gasteiger charge is 2.23. The van der Waals surface area contributed by atoms with Gasteiger partial charge in [0, 0.05) is 44.5 Å². The van der Waals surface area contributed by atoms with Gasteiger partial charge in [0.15, 0.2) is 5.96 Å². The molecule has 0 radical (unpaired) electrons. The third kappa shape index (κ3) is 6.89. The van der Waals surface area contributed by atoms with Gasteiger partial charge in [0.05, 0.1) is 25.9 Å². The largest absolute Gasteiger partial charge is 0.450 e. The van der Waals surface area contributed by atoms with Crippen LogP contribution >= 0.6 is 24.0 Å². The molecule has 3 rings (SSSR count). The number of amides is 1. The van der Waals surface area contributed by atoms with Gasteiger partial charge in [0.1, 0.15) is 0 Å². The smallest absolute Gasteiger partial charge is 0.409 e. The Kier molecular flexibility index (Phi) is 9.92. The van der Waals surface area contributed by atoms with E-state index in [0.29, 0.717) is 26.2 Å². The lowest BCUT2D eigenvalue weighted by atomic mass is 10.2. The van der Waals surface area contributed by atoms with Gasteiger partial charge >= 0.3 is 6.09 Å². The van der Waals surface area contributed by atoms with Crippen molar-refractivity contribution in [3.63, 3.8) is 0 Å². The van der Waals surface area contributed by atoms with Crippen LogP contribution in [0.2, 0.25) is 0 Å². The number of guanidine groups is 1. The van der Waals surface area contributed by atoms with Crippen molar-refractivity contribution >= 4 is 36.0 Å². The molecular weight excluding hydrogens is 495 g/mol. The van der Waals surface area contributed by atoms with E-state index in [9.17, 15) is 4.79 Å². The third-order valence-corrected chi connectivity index (χ3v) is 4.73. The van der Waals surface area contributed by atoms with Gasteiger partial charge in [-0.2, -0.15) is 5.10 Å². The van der Waals surface area contributed by atoms with E-state index in [2.05, 4.69) is 34.4 Å². The topological polar surface area (TPSA) is 75.0 Å². The molecule has 1 aromatic heterocycles. The summed E-state index contributed by atoms with van der Waals surface area (Å²) in [5, 5.41) is 7.80. The van der Waals surface area contributed by atoms with Gasteiger partial charge < -0.3 is 19.9 Å². The van der Waals surface area contributed by atoms with Crippen molar-refractivity contribution < 1.29 is 9.53 Å². The molecular formula is C21H31IN6O2. The summed E-state index contributed by atoms with van der Waals surface area (Å²) in [5.41, 5.74) is 2.29. The Morgan fingerprint density at radius 3 is 2.47 bits per heavy atom. The molecule has 2 aromatic rings. The monoisotopic (exact) mass is 526 g/mol. The molecule has 1 saturated heterocycles. The van der Waals surface area contributed by atoms with Crippen LogP contribution in [-0.2, 0) is 17.8 Å². The number of hydrogen-bond donors (Lipinski definition) is 1. The van der Waals surface area contributed by atoms with E-state index in [1.54, 1.807) is 4.90 Å². The normalized spacial score (nSPS) is 14.3. The van der Waals surface area contributed by atoms with Crippen LogP contribution in [0.1, 0.15) is 25.0 Å². The van der Waals surface area contributed by atoms with Gasteiger partial charge in [-0.1, -0.05) is 30.3 Å². The summed E-state index contributed by atoms with van der Waals surface area (Å²) in [6.45, 7) is 9.14. The number of aromatic nitrogens is 2. The number of piperazine rings is 1. The Bertz CT molecular complexity index is 803. The Morgan fingerprint density at radius 1 is 1.10 bits per heavy atom. The van der Waals surface area contributed by atoms with Crippen molar-refractivity contribution in [3.05, 3.63) is 53.9 Å². The molecule has 8 nitrogen and oxygen atoms in total. The van der Waals surface area contributed by atoms with Crippen molar-refractivity contribution in [2.24, 2.45) is 4.99 Å². The van der Waals surface area contributed by atoms with Crippen molar-refractivity contribution in [1.82, 2.24) is 24.9 Å². The molecule has 2 heterocycles. The zero-order valence-electron chi connectivity index (χ0n) is 17.7. The highest BCUT2D eigenvalue weighted by Crippen LogP contribution is 2.08. The number of nitrogens with one attached hydrogen (secondary N) is 1. The second-order valence-electron chi connectivity index (χ2n) is 6.87. The molecule has 0 spiro atoms. The molecule has 1 amide bonds. The number of halogens is 1. The lowest BCUT2D eigenvalue weighted by Gasteiger charge is -2.35. The van der Waals surface area contributed by atoms with Crippen molar-refractivity contribution in [1.29, 1.82) is 0 Å². The Hall–Kier alpha value is -2.30. The van der Waals surface area contributed by atoms with Crippen LogP contribution < -0.4 is 5.32 Å². The number of aliphatic imine (C=N–C) groups is 1.